The summed E-state index contributed by atoms with van der Waals surface area (Å²) in [5.74, 6) is 0. The summed E-state index contributed by atoms with van der Waals surface area (Å²) in [7, 11) is 0. The van der Waals surface area contributed by atoms with Crippen LogP contribution >= 0.6 is 12.6 Å². The first-order valence-electron chi connectivity index (χ1n) is 1.78. The predicted octanol–water partition coefficient (Wildman–Crippen LogP) is 2.01. The Bertz CT molecular complexity index is 72.0. The molecule has 0 aromatic carbocycles. The van der Waals surface area contributed by atoms with Gasteiger partial charge in [-0.25, -0.2) is 0 Å². The van der Waals surface area contributed by atoms with E-state index in [9.17, 15) is 0 Å². The molecule has 0 unspecified atom stereocenters. The third kappa shape index (κ3) is 3.83. The van der Waals surface area contributed by atoms with Crippen molar-refractivity contribution in [2.45, 2.75) is 6.92 Å². The Kier molecular flexibility index (Phi) is 2.95. The van der Waals surface area contributed by atoms with Gasteiger partial charge in [0.15, 0.2) is 0 Å². The molecule has 34 valence electrons. The highest BCUT2D eigenvalue weighted by Crippen LogP contribution is 1.94. The van der Waals surface area contributed by atoms with E-state index < -0.39 is 0 Å². The van der Waals surface area contributed by atoms with Crippen LogP contribution in [-0.4, -0.2) is 0 Å². The molecule has 0 rings (SSSR count). The lowest BCUT2D eigenvalue weighted by Gasteiger charge is -1.74. The van der Waals surface area contributed by atoms with Crippen molar-refractivity contribution >= 4 is 12.6 Å². The quantitative estimate of drug-likeness (QED) is 0.378. The molecule has 0 nitrogen and oxygen atoms in total. The summed E-state index contributed by atoms with van der Waals surface area (Å²) in [6, 6.07) is 0. The third-order valence-electron chi connectivity index (χ3n) is 0.359. The van der Waals surface area contributed by atoms with Gasteiger partial charge >= 0.3 is 0 Å². The first kappa shape index (κ1) is 5.83. The molecule has 0 saturated carbocycles. The van der Waals surface area contributed by atoms with Crippen molar-refractivity contribution in [3.05, 3.63) is 23.6 Å². The van der Waals surface area contributed by atoms with E-state index in [2.05, 4.69) is 19.2 Å². The molecule has 0 bridgehead atoms. The summed E-state index contributed by atoms with van der Waals surface area (Å²) in [4.78, 5) is 0.803. The van der Waals surface area contributed by atoms with Gasteiger partial charge in [0.2, 0.25) is 0 Å². The molecular weight excluding hydrogens is 92.1 g/mol. The maximum Gasteiger partial charge on any atom is -0.00353 e. The minimum atomic E-state index is 0.803. The molecule has 0 saturated heterocycles. The average molecular weight is 100 g/mol. The Labute approximate surface area is 44.0 Å². The van der Waals surface area contributed by atoms with Crippen LogP contribution in [0.5, 0.6) is 0 Å². The second-order valence-corrected chi connectivity index (χ2v) is 1.57. The van der Waals surface area contributed by atoms with Crippen molar-refractivity contribution in [1.29, 1.82) is 0 Å². The Morgan fingerprint density at radius 2 is 2.33 bits per heavy atom. The van der Waals surface area contributed by atoms with E-state index >= 15 is 0 Å². The van der Waals surface area contributed by atoms with E-state index in [0.717, 1.165) is 4.91 Å². The molecule has 0 heterocycles. The lowest BCUT2D eigenvalue weighted by molar-refractivity contribution is 1.73. The van der Waals surface area contributed by atoms with Crippen molar-refractivity contribution < 1.29 is 0 Å². The highest BCUT2D eigenvalue weighted by atomic mass is 32.1. The number of thiol groups is 1. The molecule has 0 fully saturated rings. The van der Waals surface area contributed by atoms with Gasteiger partial charge in [0.05, 0.1) is 0 Å². The van der Waals surface area contributed by atoms with Gasteiger partial charge in [-0.3, -0.25) is 0 Å². The summed E-state index contributed by atoms with van der Waals surface area (Å²) in [5.41, 5.74) is 0. The standard InChI is InChI=1S/C5H8S/c1-3-4-5(2)6/h3-4,6H,2H2,1H3/b4-3+. The number of hydrogen-bond acceptors (Lipinski definition) is 1. The van der Waals surface area contributed by atoms with Gasteiger partial charge in [0, 0.05) is 0 Å². The maximum absolute atomic E-state index is 3.90. The highest BCUT2D eigenvalue weighted by molar-refractivity contribution is 7.84. The van der Waals surface area contributed by atoms with E-state index in [1.165, 1.54) is 0 Å². The molecular formula is C5H8S. The zero-order valence-electron chi connectivity index (χ0n) is 3.81. The van der Waals surface area contributed by atoms with Crippen LogP contribution in [0.25, 0.3) is 0 Å². The average Bonchev–Trinajstić information content (AvgIpc) is 1.35. The van der Waals surface area contributed by atoms with Gasteiger partial charge in [-0.2, -0.15) is 0 Å². The first-order chi connectivity index (χ1) is 2.77. The minimum Gasteiger partial charge on any atom is -0.144 e. The molecule has 0 aliphatic rings. The van der Waals surface area contributed by atoms with E-state index in [1.54, 1.807) is 0 Å². The Balaban J connectivity index is 3.30. The number of allylic oxidation sites excluding steroid dienone is 2. The molecule has 0 aromatic heterocycles. The van der Waals surface area contributed by atoms with E-state index in [1.807, 2.05) is 19.1 Å². The highest BCUT2D eigenvalue weighted by Gasteiger charge is 1.64. The molecule has 0 amide bonds. The van der Waals surface area contributed by atoms with E-state index in [-0.39, 0.29) is 0 Å². The summed E-state index contributed by atoms with van der Waals surface area (Å²) in [6.07, 6.45) is 3.73. The molecule has 0 spiro atoms. The van der Waals surface area contributed by atoms with Crippen LogP contribution in [0.15, 0.2) is 23.6 Å². The first-order valence-corrected chi connectivity index (χ1v) is 2.22. The molecule has 6 heavy (non-hydrogen) atoms. The fraction of sp³-hybridized carbons (Fsp3) is 0.200. The maximum atomic E-state index is 3.90. The molecule has 0 N–H and O–H groups in total. The SMILES string of the molecule is C=C(S)/C=C/C. The normalized spacial score (nSPS) is 9.67. The Morgan fingerprint density at radius 3 is 2.33 bits per heavy atom. The van der Waals surface area contributed by atoms with Crippen molar-refractivity contribution in [3.8, 4) is 0 Å². The summed E-state index contributed by atoms with van der Waals surface area (Å²) in [5, 5.41) is 0. The summed E-state index contributed by atoms with van der Waals surface area (Å²) in [6.45, 7) is 5.45. The topological polar surface area (TPSA) is 0 Å². The lowest BCUT2D eigenvalue weighted by Crippen LogP contribution is -1.48. The molecule has 0 aliphatic carbocycles. The molecule has 0 radical (unpaired) electrons. The fourth-order valence-electron chi connectivity index (χ4n) is 0.192. The van der Waals surface area contributed by atoms with E-state index in [4.69, 9.17) is 0 Å². The van der Waals surface area contributed by atoms with Gasteiger partial charge in [-0.1, -0.05) is 18.7 Å². The van der Waals surface area contributed by atoms with Crippen LogP contribution in [0.1, 0.15) is 6.92 Å². The molecule has 0 aliphatic heterocycles. The molecule has 0 aromatic rings. The predicted molar refractivity (Wildman–Crippen MR) is 32.9 cm³/mol. The monoisotopic (exact) mass is 100 g/mol. The van der Waals surface area contributed by atoms with Gasteiger partial charge in [-0.05, 0) is 11.8 Å². The second kappa shape index (κ2) is 3.04. The van der Waals surface area contributed by atoms with Crippen molar-refractivity contribution in [2.24, 2.45) is 0 Å². The van der Waals surface area contributed by atoms with Crippen LogP contribution < -0.4 is 0 Å². The van der Waals surface area contributed by atoms with Crippen LogP contribution in [0.4, 0.5) is 0 Å². The number of rotatable bonds is 1. The largest absolute Gasteiger partial charge is 0.144 e. The van der Waals surface area contributed by atoms with Gasteiger partial charge in [-0.15, -0.1) is 12.6 Å². The lowest BCUT2D eigenvalue weighted by atomic mass is 10.5. The third-order valence-corrected chi connectivity index (χ3v) is 0.508. The number of hydrogen-bond donors (Lipinski definition) is 1. The van der Waals surface area contributed by atoms with Gasteiger partial charge in [0.25, 0.3) is 0 Å². The summed E-state index contributed by atoms with van der Waals surface area (Å²) >= 11 is 3.90. The fourth-order valence-corrected chi connectivity index (χ4v) is 0.341. The van der Waals surface area contributed by atoms with Crippen LogP contribution in [0.2, 0.25) is 0 Å². The smallest absolute Gasteiger partial charge is 0.00353 e. The zero-order valence-corrected chi connectivity index (χ0v) is 4.70. The summed E-state index contributed by atoms with van der Waals surface area (Å²) < 4.78 is 0. The van der Waals surface area contributed by atoms with Crippen molar-refractivity contribution in [2.75, 3.05) is 0 Å². The van der Waals surface area contributed by atoms with Crippen molar-refractivity contribution in [3.63, 3.8) is 0 Å². The van der Waals surface area contributed by atoms with Crippen molar-refractivity contribution in [1.82, 2.24) is 0 Å². The second-order valence-electron chi connectivity index (χ2n) is 0.991. The van der Waals surface area contributed by atoms with Crippen LogP contribution in [-0.2, 0) is 0 Å². The van der Waals surface area contributed by atoms with Crippen LogP contribution in [0.3, 0.4) is 0 Å². The Hall–Kier alpha value is -0.170. The van der Waals surface area contributed by atoms with E-state index in [0.29, 0.717) is 0 Å². The minimum absolute atomic E-state index is 0.803. The van der Waals surface area contributed by atoms with Gasteiger partial charge in [0.1, 0.15) is 0 Å². The molecule has 1 heteroatoms. The Morgan fingerprint density at radius 1 is 1.83 bits per heavy atom. The molecule has 0 atom stereocenters. The van der Waals surface area contributed by atoms with Crippen LogP contribution in [0, 0.1) is 0 Å². The van der Waals surface area contributed by atoms with Gasteiger partial charge < -0.3 is 0 Å². The zero-order chi connectivity index (χ0) is 4.99.